The van der Waals surface area contributed by atoms with Crippen LogP contribution < -0.4 is 10.6 Å². The third kappa shape index (κ3) is 2.97. The van der Waals surface area contributed by atoms with Crippen molar-refractivity contribution >= 4 is 28.9 Å². The summed E-state index contributed by atoms with van der Waals surface area (Å²) in [6.45, 7) is 0. The fourth-order valence-electron chi connectivity index (χ4n) is 3.95. The number of nitrogens with zero attached hydrogens (tertiary/aromatic N) is 2. The molecule has 0 amide bonds. The molecule has 2 aromatic rings. The van der Waals surface area contributed by atoms with Gasteiger partial charge in [0.05, 0.1) is 6.04 Å². The Morgan fingerprint density at radius 2 is 2.11 bits per heavy atom. The number of aliphatic imine (C=N–C) groups is 1. The highest BCUT2D eigenvalue weighted by atomic mass is 16.4. The van der Waals surface area contributed by atoms with Gasteiger partial charge in [0.2, 0.25) is 5.96 Å². The first kappa shape index (κ1) is 16.1. The number of carbonyl (C=O) groups is 1. The first-order valence-corrected chi connectivity index (χ1v) is 9.35. The van der Waals surface area contributed by atoms with Crippen LogP contribution in [0.1, 0.15) is 25.7 Å². The van der Waals surface area contributed by atoms with Crippen LogP contribution in [0.2, 0.25) is 0 Å². The predicted octanol–water partition coefficient (Wildman–Crippen LogP) is 3.71. The summed E-state index contributed by atoms with van der Waals surface area (Å²) in [5, 5.41) is 6.46. The van der Waals surface area contributed by atoms with Gasteiger partial charge in [0.25, 0.3) is 0 Å². The summed E-state index contributed by atoms with van der Waals surface area (Å²) in [7, 11) is 0. The lowest BCUT2D eigenvalue weighted by Gasteiger charge is -2.33. The second-order valence-electron chi connectivity index (χ2n) is 7.04. The van der Waals surface area contributed by atoms with Gasteiger partial charge in [-0.05, 0) is 31.4 Å². The second-order valence-corrected chi connectivity index (χ2v) is 7.04. The number of oxazole rings is 1. The van der Waals surface area contributed by atoms with Crippen molar-refractivity contribution in [2.45, 2.75) is 31.7 Å². The minimum atomic E-state index is -0.179. The van der Waals surface area contributed by atoms with E-state index in [0.717, 1.165) is 41.6 Å². The number of ketones is 1. The standard InChI is InChI=1S/C21H20N4O2/c26-16-11-6-10-15-18(16)19(13-7-2-1-3-8-13)24-20(22-15)25-21-23-14-9-4-5-12-17(14)27-21/h1-5,7,9,12-13,19H,6,8,10-11H2,(H2,22,23,24,25). The number of hydrogen-bond acceptors (Lipinski definition) is 6. The van der Waals surface area contributed by atoms with Crippen molar-refractivity contribution in [2.75, 3.05) is 5.32 Å². The molecule has 0 spiro atoms. The minimum Gasteiger partial charge on any atom is -0.423 e. The summed E-state index contributed by atoms with van der Waals surface area (Å²) in [4.78, 5) is 21.9. The SMILES string of the molecule is O=C1CCCC2=C1C(C1C=CC=CC1)N=C(Nc1nc3ccccc3o1)N2. The number of anilines is 1. The first-order valence-electron chi connectivity index (χ1n) is 9.35. The van der Waals surface area contributed by atoms with E-state index in [9.17, 15) is 4.79 Å². The van der Waals surface area contributed by atoms with Gasteiger partial charge in [-0.25, -0.2) is 4.99 Å². The number of guanidine groups is 1. The Balaban J connectivity index is 1.48. The van der Waals surface area contributed by atoms with Gasteiger partial charge in [-0.1, -0.05) is 36.4 Å². The van der Waals surface area contributed by atoms with Crippen molar-refractivity contribution in [2.24, 2.45) is 10.9 Å². The van der Waals surface area contributed by atoms with E-state index in [1.165, 1.54) is 0 Å². The van der Waals surface area contributed by atoms with Crippen LogP contribution in [0.15, 0.2) is 69.2 Å². The molecule has 2 N–H and O–H groups in total. The second kappa shape index (κ2) is 6.54. The zero-order valence-corrected chi connectivity index (χ0v) is 14.8. The zero-order chi connectivity index (χ0) is 18.2. The molecule has 1 aromatic carbocycles. The van der Waals surface area contributed by atoms with Gasteiger partial charge in [-0.3, -0.25) is 10.1 Å². The van der Waals surface area contributed by atoms with E-state index in [1.807, 2.05) is 36.4 Å². The fraction of sp³-hybridized carbons (Fsp3) is 0.286. The third-order valence-corrected chi connectivity index (χ3v) is 5.23. The lowest BCUT2D eigenvalue weighted by Crippen LogP contribution is -2.43. The van der Waals surface area contributed by atoms with Crippen molar-refractivity contribution in [3.63, 3.8) is 0 Å². The lowest BCUT2D eigenvalue weighted by atomic mass is 9.81. The van der Waals surface area contributed by atoms with Crippen LogP contribution in [0.3, 0.4) is 0 Å². The number of fused-ring (bicyclic) bond motifs is 1. The largest absolute Gasteiger partial charge is 0.423 e. The normalized spacial score (nSPS) is 24.6. The Kier molecular flexibility index (Phi) is 3.89. The molecule has 2 atom stereocenters. The number of hydrogen-bond donors (Lipinski definition) is 2. The number of Topliss-reactive ketones (excluding diaryl/α,β-unsaturated/α-hetero) is 1. The number of nitrogens with one attached hydrogen (secondary N) is 2. The molecule has 0 radical (unpaired) electrons. The molecule has 5 rings (SSSR count). The Morgan fingerprint density at radius 1 is 1.19 bits per heavy atom. The number of para-hydroxylation sites is 2. The molecule has 27 heavy (non-hydrogen) atoms. The van der Waals surface area contributed by atoms with E-state index in [0.29, 0.717) is 18.4 Å². The Morgan fingerprint density at radius 3 is 2.96 bits per heavy atom. The van der Waals surface area contributed by atoms with E-state index >= 15 is 0 Å². The van der Waals surface area contributed by atoms with Crippen LogP contribution in [0.4, 0.5) is 6.01 Å². The molecule has 3 aliphatic rings. The van der Waals surface area contributed by atoms with Crippen LogP contribution in [0.5, 0.6) is 0 Å². The number of aromatic nitrogens is 1. The van der Waals surface area contributed by atoms with Gasteiger partial charge >= 0.3 is 6.01 Å². The summed E-state index contributed by atoms with van der Waals surface area (Å²) < 4.78 is 5.76. The maximum atomic E-state index is 12.6. The van der Waals surface area contributed by atoms with Crippen LogP contribution >= 0.6 is 0 Å². The molecule has 2 heterocycles. The smallest absolute Gasteiger partial charge is 0.302 e. The lowest BCUT2D eigenvalue weighted by molar-refractivity contribution is -0.116. The van der Waals surface area contributed by atoms with Gasteiger partial charge in [0, 0.05) is 23.6 Å². The van der Waals surface area contributed by atoms with E-state index in [4.69, 9.17) is 9.41 Å². The molecule has 136 valence electrons. The molecule has 6 heteroatoms. The molecule has 0 fully saturated rings. The maximum Gasteiger partial charge on any atom is 0.302 e. The zero-order valence-electron chi connectivity index (χ0n) is 14.8. The number of carbonyl (C=O) groups excluding carboxylic acids is 1. The average Bonchev–Trinajstić information content (AvgIpc) is 3.10. The number of rotatable bonds is 2. The van der Waals surface area contributed by atoms with Crippen molar-refractivity contribution in [3.8, 4) is 0 Å². The summed E-state index contributed by atoms with van der Waals surface area (Å²) in [5.41, 5.74) is 3.34. The van der Waals surface area contributed by atoms with Gasteiger partial charge in [0.15, 0.2) is 11.4 Å². The number of allylic oxidation sites excluding steroid dienone is 4. The summed E-state index contributed by atoms with van der Waals surface area (Å²) >= 11 is 0. The van der Waals surface area contributed by atoms with Gasteiger partial charge in [-0.2, -0.15) is 4.98 Å². The van der Waals surface area contributed by atoms with E-state index < -0.39 is 0 Å². The monoisotopic (exact) mass is 360 g/mol. The Labute approximate surface area is 156 Å². The van der Waals surface area contributed by atoms with E-state index in [2.05, 4.69) is 27.8 Å². The number of benzene rings is 1. The predicted molar refractivity (Wildman–Crippen MR) is 104 cm³/mol. The van der Waals surface area contributed by atoms with Crippen LogP contribution in [-0.2, 0) is 4.79 Å². The molecule has 2 unspecified atom stereocenters. The van der Waals surface area contributed by atoms with Crippen molar-refractivity contribution < 1.29 is 9.21 Å². The quantitative estimate of drug-likeness (QED) is 0.853. The van der Waals surface area contributed by atoms with Gasteiger partial charge in [0.1, 0.15) is 5.52 Å². The summed E-state index contributed by atoms with van der Waals surface area (Å²) in [6.07, 6.45) is 11.6. The minimum absolute atomic E-state index is 0.179. The molecule has 2 aliphatic carbocycles. The van der Waals surface area contributed by atoms with Crippen LogP contribution in [0.25, 0.3) is 11.1 Å². The topological polar surface area (TPSA) is 79.5 Å². The molecule has 6 nitrogen and oxygen atoms in total. The van der Waals surface area contributed by atoms with Crippen molar-refractivity contribution in [1.82, 2.24) is 10.3 Å². The highest BCUT2D eigenvalue weighted by Crippen LogP contribution is 2.33. The van der Waals surface area contributed by atoms with E-state index in [-0.39, 0.29) is 17.7 Å². The van der Waals surface area contributed by atoms with Crippen LogP contribution in [-0.4, -0.2) is 22.8 Å². The highest BCUT2D eigenvalue weighted by molar-refractivity contribution is 6.03. The Bertz CT molecular complexity index is 995. The molecular formula is C21H20N4O2. The summed E-state index contributed by atoms with van der Waals surface area (Å²) in [6, 6.07) is 7.84. The van der Waals surface area contributed by atoms with Crippen molar-refractivity contribution in [3.05, 3.63) is 59.8 Å². The van der Waals surface area contributed by atoms with Crippen LogP contribution in [0, 0.1) is 5.92 Å². The molecule has 0 bridgehead atoms. The average molecular weight is 360 g/mol. The molecule has 0 saturated carbocycles. The maximum absolute atomic E-state index is 12.6. The van der Waals surface area contributed by atoms with Crippen molar-refractivity contribution in [1.29, 1.82) is 0 Å². The molecule has 1 aliphatic heterocycles. The highest BCUT2D eigenvalue weighted by Gasteiger charge is 2.35. The molecule has 1 aromatic heterocycles. The molecular weight excluding hydrogens is 340 g/mol. The van der Waals surface area contributed by atoms with Gasteiger partial charge < -0.3 is 9.73 Å². The first-order chi connectivity index (χ1) is 13.3. The van der Waals surface area contributed by atoms with E-state index in [1.54, 1.807) is 0 Å². The fourth-order valence-corrected chi connectivity index (χ4v) is 3.95. The Hall–Kier alpha value is -3.15. The summed E-state index contributed by atoms with van der Waals surface area (Å²) in [5.74, 6) is 0.980. The van der Waals surface area contributed by atoms with Gasteiger partial charge in [-0.15, -0.1) is 0 Å². The third-order valence-electron chi connectivity index (χ3n) is 5.23. The molecule has 0 saturated heterocycles.